The van der Waals surface area contributed by atoms with E-state index in [4.69, 9.17) is 27.9 Å². The van der Waals surface area contributed by atoms with E-state index in [0.29, 0.717) is 26.9 Å². The Balaban J connectivity index is 1.34. The molecule has 1 N–H and O–H groups in total. The molecule has 1 heterocycles. The first-order chi connectivity index (χ1) is 19.9. The van der Waals surface area contributed by atoms with Crippen molar-refractivity contribution in [2.45, 2.75) is 0 Å². The number of halogens is 2. The van der Waals surface area contributed by atoms with Crippen LogP contribution in [0.5, 0.6) is 5.75 Å². The van der Waals surface area contributed by atoms with Crippen LogP contribution in [0.3, 0.4) is 0 Å². The van der Waals surface area contributed by atoms with Crippen LogP contribution in [0.25, 0.3) is 17.0 Å². The number of hydrogen-bond acceptors (Lipinski definition) is 7. The molecule has 10 heteroatoms. The lowest BCUT2D eigenvalue weighted by Gasteiger charge is -2.10. The Bertz CT molecular complexity index is 1790. The van der Waals surface area contributed by atoms with E-state index in [9.17, 15) is 14.9 Å². The normalized spacial score (nSPS) is 11.5. The van der Waals surface area contributed by atoms with Gasteiger partial charge in [0.15, 0.2) is 5.76 Å². The number of carbonyl (C=O) groups is 1. The molecule has 0 fully saturated rings. The number of pyridine rings is 1. The Morgan fingerprint density at radius 3 is 2.27 bits per heavy atom. The second kappa shape index (κ2) is 12.4. The van der Waals surface area contributed by atoms with Gasteiger partial charge in [0.05, 0.1) is 22.3 Å². The number of Topliss-reactive ketones (excluding diaryl/α,β-unsaturated/α-hetero) is 1. The van der Waals surface area contributed by atoms with Gasteiger partial charge in [0.2, 0.25) is 5.78 Å². The number of nitrogens with zero attached hydrogens (tertiary/aromatic N) is 3. The second-order valence-corrected chi connectivity index (χ2v) is 9.63. The third-order valence-corrected chi connectivity index (χ3v) is 6.43. The standard InChI is InChI=1S/C31H20Cl2N4O4/c32-23-7-5-22(6-8-23)31(38)30(17-20-1-10-25(11-2-20)37(39)40)41-26-12-3-21(4-13-26)19-35-36-28-15-16-34-29-18-24(33)9-14-27(28)29/h1-19H,(H,34,36)/b30-17-,35-19+. The molecule has 1 aromatic heterocycles. The van der Waals surface area contributed by atoms with Crippen LogP contribution in [0.15, 0.2) is 114 Å². The number of nitro groups is 1. The Labute approximate surface area is 244 Å². The van der Waals surface area contributed by atoms with Crippen LogP contribution in [0.2, 0.25) is 10.0 Å². The van der Waals surface area contributed by atoms with Crippen molar-refractivity contribution in [1.29, 1.82) is 0 Å². The predicted octanol–water partition coefficient (Wildman–Crippen LogP) is 8.20. The number of carbonyl (C=O) groups excluding carboxylic acids is 1. The molecule has 41 heavy (non-hydrogen) atoms. The number of nitrogens with one attached hydrogen (secondary N) is 1. The van der Waals surface area contributed by atoms with Gasteiger partial charge in [0.1, 0.15) is 5.75 Å². The largest absolute Gasteiger partial charge is 0.453 e. The van der Waals surface area contributed by atoms with Crippen molar-refractivity contribution < 1.29 is 14.5 Å². The third kappa shape index (κ3) is 6.94. The Morgan fingerprint density at radius 1 is 0.878 bits per heavy atom. The number of rotatable bonds is 9. The number of ether oxygens (including phenoxy) is 1. The summed E-state index contributed by atoms with van der Waals surface area (Å²) in [5, 5.41) is 17.3. The van der Waals surface area contributed by atoms with E-state index in [1.165, 1.54) is 18.2 Å². The molecule has 0 spiro atoms. The van der Waals surface area contributed by atoms with E-state index in [1.807, 2.05) is 12.1 Å². The molecule has 5 aromatic rings. The van der Waals surface area contributed by atoms with E-state index in [2.05, 4.69) is 15.5 Å². The quantitative estimate of drug-likeness (QED) is 0.0468. The highest BCUT2D eigenvalue weighted by molar-refractivity contribution is 6.31. The molecule has 0 radical (unpaired) electrons. The summed E-state index contributed by atoms with van der Waals surface area (Å²) >= 11 is 12.0. The van der Waals surface area contributed by atoms with Crippen molar-refractivity contribution in [3.8, 4) is 5.75 Å². The van der Waals surface area contributed by atoms with Crippen LogP contribution in [0, 0.1) is 10.1 Å². The fourth-order valence-corrected chi connectivity index (χ4v) is 4.16. The lowest BCUT2D eigenvalue weighted by molar-refractivity contribution is -0.384. The number of hydrazone groups is 1. The molecule has 4 aromatic carbocycles. The number of non-ortho nitro benzene ring substituents is 1. The molecule has 8 nitrogen and oxygen atoms in total. The van der Waals surface area contributed by atoms with Crippen LogP contribution in [0.4, 0.5) is 11.4 Å². The number of hydrogen-bond donors (Lipinski definition) is 1. The molecule has 0 amide bonds. The summed E-state index contributed by atoms with van der Waals surface area (Å²) in [6.07, 6.45) is 4.86. The summed E-state index contributed by atoms with van der Waals surface area (Å²) < 4.78 is 6.00. The average molecular weight is 583 g/mol. The fourth-order valence-electron chi connectivity index (χ4n) is 3.87. The lowest BCUT2D eigenvalue weighted by Crippen LogP contribution is -2.09. The maximum atomic E-state index is 13.3. The molecule has 0 aliphatic heterocycles. The van der Waals surface area contributed by atoms with Crippen LogP contribution < -0.4 is 10.2 Å². The number of nitro benzene ring substituents is 1. The fraction of sp³-hybridized carbons (Fsp3) is 0. The number of ketones is 1. The monoisotopic (exact) mass is 582 g/mol. The van der Waals surface area contributed by atoms with Crippen LogP contribution in [-0.2, 0) is 0 Å². The lowest BCUT2D eigenvalue weighted by atomic mass is 10.1. The highest BCUT2D eigenvalue weighted by atomic mass is 35.5. The van der Waals surface area contributed by atoms with Crippen LogP contribution in [-0.4, -0.2) is 21.9 Å². The molecule has 202 valence electrons. The summed E-state index contributed by atoms with van der Waals surface area (Å²) in [5.74, 6) is 0.0808. The summed E-state index contributed by atoms with van der Waals surface area (Å²) in [7, 11) is 0. The van der Waals surface area contributed by atoms with Gasteiger partial charge in [-0.2, -0.15) is 5.10 Å². The molecule has 0 saturated heterocycles. The van der Waals surface area contributed by atoms with Gasteiger partial charge in [-0.15, -0.1) is 0 Å². The van der Waals surface area contributed by atoms with Gasteiger partial charge in [0.25, 0.3) is 5.69 Å². The second-order valence-electron chi connectivity index (χ2n) is 8.75. The molecule has 0 saturated carbocycles. The van der Waals surface area contributed by atoms with E-state index in [-0.39, 0.29) is 17.2 Å². The minimum absolute atomic E-state index is 0.0360. The Kier molecular flexibility index (Phi) is 8.34. The molecule has 0 aliphatic carbocycles. The first-order valence-corrected chi connectivity index (χ1v) is 13.0. The number of aromatic nitrogens is 1. The maximum Gasteiger partial charge on any atom is 0.269 e. The van der Waals surface area contributed by atoms with Crippen molar-refractivity contribution in [2.75, 3.05) is 5.43 Å². The number of allylic oxidation sites excluding steroid dienone is 1. The summed E-state index contributed by atoms with van der Waals surface area (Å²) in [6.45, 7) is 0. The third-order valence-electron chi connectivity index (χ3n) is 5.94. The maximum absolute atomic E-state index is 13.3. The van der Waals surface area contributed by atoms with Crippen molar-refractivity contribution in [3.63, 3.8) is 0 Å². The molecular weight excluding hydrogens is 563 g/mol. The predicted molar refractivity (Wildman–Crippen MR) is 162 cm³/mol. The summed E-state index contributed by atoms with van der Waals surface area (Å²) in [6, 6.07) is 26.5. The van der Waals surface area contributed by atoms with E-state index < -0.39 is 4.92 Å². The van der Waals surface area contributed by atoms with Crippen molar-refractivity contribution in [3.05, 3.63) is 146 Å². The molecule has 0 aliphatic rings. The van der Waals surface area contributed by atoms with E-state index >= 15 is 0 Å². The van der Waals surface area contributed by atoms with Gasteiger partial charge in [-0.1, -0.05) is 23.2 Å². The zero-order valence-electron chi connectivity index (χ0n) is 21.2. The highest BCUT2D eigenvalue weighted by Gasteiger charge is 2.16. The number of fused-ring (bicyclic) bond motifs is 1. The average Bonchev–Trinajstić information content (AvgIpc) is 2.98. The zero-order chi connectivity index (χ0) is 28.8. The minimum atomic E-state index is -0.487. The smallest absolute Gasteiger partial charge is 0.269 e. The molecule has 0 atom stereocenters. The van der Waals surface area contributed by atoms with Gasteiger partial charge in [0, 0.05) is 39.3 Å². The first kappa shape index (κ1) is 27.5. The number of anilines is 1. The SMILES string of the molecule is O=C(/C(=C/c1ccc([N+](=O)[O-])cc1)Oc1ccc(/C=N/Nc2ccnc3cc(Cl)ccc23)cc1)c1ccc(Cl)cc1. The van der Waals surface area contributed by atoms with Gasteiger partial charge in [-0.25, -0.2) is 0 Å². The van der Waals surface area contributed by atoms with Gasteiger partial charge in [-0.3, -0.25) is 25.3 Å². The molecule has 0 unspecified atom stereocenters. The van der Waals surface area contributed by atoms with Crippen molar-refractivity contribution in [2.24, 2.45) is 5.10 Å². The molecule has 5 rings (SSSR count). The van der Waals surface area contributed by atoms with Crippen molar-refractivity contribution >= 4 is 63.6 Å². The Morgan fingerprint density at radius 2 is 1.56 bits per heavy atom. The van der Waals surface area contributed by atoms with Crippen molar-refractivity contribution in [1.82, 2.24) is 4.98 Å². The highest BCUT2D eigenvalue weighted by Crippen LogP contribution is 2.25. The summed E-state index contributed by atoms with van der Waals surface area (Å²) in [4.78, 5) is 28.2. The van der Waals surface area contributed by atoms with Gasteiger partial charge in [-0.05, 0) is 102 Å². The zero-order valence-corrected chi connectivity index (χ0v) is 22.7. The van der Waals surface area contributed by atoms with E-state index in [0.717, 1.165) is 22.2 Å². The Hall–Kier alpha value is -5.05. The topological polar surface area (TPSA) is 107 Å². The van der Waals surface area contributed by atoms with E-state index in [1.54, 1.807) is 85.2 Å². The molecule has 0 bridgehead atoms. The van der Waals surface area contributed by atoms with Crippen LogP contribution in [0.1, 0.15) is 21.5 Å². The first-order valence-electron chi connectivity index (χ1n) is 12.2. The number of benzene rings is 4. The summed E-state index contributed by atoms with van der Waals surface area (Å²) in [5.41, 5.74) is 6.24. The van der Waals surface area contributed by atoms with Crippen LogP contribution >= 0.6 is 23.2 Å². The van der Waals surface area contributed by atoms with Gasteiger partial charge < -0.3 is 4.74 Å². The minimum Gasteiger partial charge on any atom is -0.453 e. The van der Waals surface area contributed by atoms with Gasteiger partial charge >= 0.3 is 0 Å². The molecular formula is C31H20Cl2N4O4.